The molecule has 1 rings (SSSR count). The van der Waals surface area contributed by atoms with E-state index in [4.69, 9.17) is 5.11 Å². The lowest BCUT2D eigenvalue weighted by Gasteiger charge is -2.28. The lowest BCUT2D eigenvalue weighted by Crippen LogP contribution is -2.47. The molecule has 1 aromatic rings. The van der Waals surface area contributed by atoms with Crippen LogP contribution in [0.5, 0.6) is 0 Å². The molecule has 0 saturated heterocycles. The summed E-state index contributed by atoms with van der Waals surface area (Å²) in [6.45, 7) is 5.27. The van der Waals surface area contributed by atoms with Crippen LogP contribution < -0.4 is 5.32 Å². The molecule has 1 aromatic heterocycles. The number of amides is 2. The van der Waals surface area contributed by atoms with Gasteiger partial charge in [-0.05, 0) is 20.3 Å². The first-order valence-electron chi connectivity index (χ1n) is 6.14. The van der Waals surface area contributed by atoms with Crippen molar-refractivity contribution in [1.29, 1.82) is 0 Å². The molecule has 106 valence electrons. The van der Waals surface area contributed by atoms with Gasteiger partial charge in [-0.25, -0.2) is 9.78 Å². The lowest BCUT2D eigenvalue weighted by atomic mass is 10.2. The van der Waals surface area contributed by atoms with E-state index >= 15 is 0 Å². The fourth-order valence-corrected chi connectivity index (χ4v) is 2.22. The van der Waals surface area contributed by atoms with E-state index in [9.17, 15) is 9.59 Å². The monoisotopic (exact) mass is 285 g/mol. The average molecular weight is 285 g/mol. The Kier molecular flexibility index (Phi) is 5.75. The van der Waals surface area contributed by atoms with Crippen LogP contribution >= 0.6 is 11.3 Å². The van der Waals surface area contributed by atoms with E-state index in [1.807, 2.05) is 26.2 Å². The molecule has 0 spiro atoms. The summed E-state index contributed by atoms with van der Waals surface area (Å²) in [6, 6.07) is -0.730. The number of carboxylic acid groups (broad SMARTS) is 1. The van der Waals surface area contributed by atoms with Gasteiger partial charge in [0.15, 0.2) is 0 Å². The maximum atomic E-state index is 12.1. The number of aromatic nitrogens is 1. The summed E-state index contributed by atoms with van der Waals surface area (Å²) >= 11 is 1.45. The van der Waals surface area contributed by atoms with Crippen LogP contribution in [0, 0.1) is 0 Å². The minimum absolute atomic E-state index is 0.125. The topological polar surface area (TPSA) is 82.5 Å². The van der Waals surface area contributed by atoms with Crippen LogP contribution in [-0.4, -0.2) is 39.6 Å². The summed E-state index contributed by atoms with van der Waals surface area (Å²) in [5.74, 6) is -1.02. The number of thiazole rings is 1. The highest BCUT2D eigenvalue weighted by atomic mass is 32.1. The first-order chi connectivity index (χ1) is 8.95. The largest absolute Gasteiger partial charge is 0.480 e. The molecule has 0 bridgehead atoms. The van der Waals surface area contributed by atoms with Crippen LogP contribution in [-0.2, 0) is 4.79 Å². The van der Waals surface area contributed by atoms with Gasteiger partial charge in [-0.1, -0.05) is 6.92 Å². The Balaban J connectivity index is 2.68. The second kappa shape index (κ2) is 7.08. The predicted molar refractivity (Wildman–Crippen MR) is 73.2 cm³/mol. The first kappa shape index (κ1) is 15.4. The van der Waals surface area contributed by atoms with Crippen LogP contribution in [0.25, 0.3) is 0 Å². The number of hydrogen-bond donors (Lipinski definition) is 2. The SMILES string of the molecule is CCC(C)N(CC(=O)O)C(=O)NC(C)c1nccs1. The van der Waals surface area contributed by atoms with E-state index in [-0.39, 0.29) is 24.7 Å². The Morgan fingerprint density at radius 2 is 2.21 bits per heavy atom. The summed E-state index contributed by atoms with van der Waals surface area (Å²) in [7, 11) is 0. The molecular formula is C12H19N3O3S. The Bertz CT molecular complexity index is 422. The van der Waals surface area contributed by atoms with E-state index in [2.05, 4.69) is 10.3 Å². The van der Waals surface area contributed by atoms with Crippen LogP contribution in [0.4, 0.5) is 4.79 Å². The molecule has 0 aliphatic rings. The molecule has 0 fully saturated rings. The van der Waals surface area contributed by atoms with Gasteiger partial charge in [0.25, 0.3) is 0 Å². The van der Waals surface area contributed by atoms with Crippen LogP contribution in [0.15, 0.2) is 11.6 Å². The number of nitrogens with one attached hydrogen (secondary N) is 1. The Morgan fingerprint density at radius 1 is 1.53 bits per heavy atom. The smallest absolute Gasteiger partial charge is 0.323 e. The van der Waals surface area contributed by atoms with Gasteiger partial charge >= 0.3 is 12.0 Å². The van der Waals surface area contributed by atoms with Gasteiger partial charge in [-0.15, -0.1) is 11.3 Å². The maximum absolute atomic E-state index is 12.1. The molecule has 0 saturated carbocycles. The predicted octanol–water partition coefficient (Wildman–Crippen LogP) is 2.10. The zero-order valence-electron chi connectivity index (χ0n) is 11.3. The van der Waals surface area contributed by atoms with Gasteiger partial charge in [0.1, 0.15) is 11.6 Å². The molecule has 0 aliphatic heterocycles. The number of carboxylic acids is 1. The molecule has 6 nitrogen and oxygen atoms in total. The summed E-state index contributed by atoms with van der Waals surface area (Å²) in [5.41, 5.74) is 0. The Labute approximate surface area is 116 Å². The third kappa shape index (κ3) is 4.51. The molecule has 2 amide bonds. The number of carbonyl (C=O) groups excluding carboxylic acids is 1. The molecule has 19 heavy (non-hydrogen) atoms. The van der Waals surface area contributed by atoms with Crippen molar-refractivity contribution in [2.24, 2.45) is 0 Å². The van der Waals surface area contributed by atoms with Gasteiger partial charge in [0, 0.05) is 17.6 Å². The highest BCUT2D eigenvalue weighted by Crippen LogP contribution is 2.15. The van der Waals surface area contributed by atoms with Crippen molar-refractivity contribution >= 4 is 23.3 Å². The fourth-order valence-electron chi connectivity index (χ4n) is 1.57. The number of aliphatic carboxylic acids is 1. The third-order valence-electron chi connectivity index (χ3n) is 2.85. The number of hydrogen-bond acceptors (Lipinski definition) is 4. The Hall–Kier alpha value is -1.63. The van der Waals surface area contributed by atoms with Crippen molar-refractivity contribution in [3.05, 3.63) is 16.6 Å². The fraction of sp³-hybridized carbons (Fsp3) is 0.583. The molecule has 1 heterocycles. The number of urea groups is 1. The summed E-state index contributed by atoms with van der Waals surface area (Å²) < 4.78 is 0. The third-order valence-corrected chi connectivity index (χ3v) is 3.81. The van der Waals surface area contributed by atoms with Crippen molar-refractivity contribution < 1.29 is 14.7 Å². The van der Waals surface area contributed by atoms with E-state index in [0.717, 1.165) is 5.01 Å². The van der Waals surface area contributed by atoms with Crippen molar-refractivity contribution in [3.8, 4) is 0 Å². The molecule has 0 aliphatic carbocycles. The number of rotatable bonds is 6. The van der Waals surface area contributed by atoms with Gasteiger partial charge in [-0.3, -0.25) is 4.79 Å². The molecule has 2 N–H and O–H groups in total. The Morgan fingerprint density at radius 3 is 2.68 bits per heavy atom. The van der Waals surface area contributed by atoms with Crippen molar-refractivity contribution in [1.82, 2.24) is 15.2 Å². The first-order valence-corrected chi connectivity index (χ1v) is 7.02. The minimum atomic E-state index is -1.02. The van der Waals surface area contributed by atoms with E-state index in [0.29, 0.717) is 6.42 Å². The molecule has 7 heteroatoms. The zero-order chi connectivity index (χ0) is 14.4. The van der Waals surface area contributed by atoms with Gasteiger partial charge in [-0.2, -0.15) is 0 Å². The minimum Gasteiger partial charge on any atom is -0.480 e. The lowest BCUT2D eigenvalue weighted by molar-refractivity contribution is -0.138. The molecule has 0 radical (unpaired) electrons. The van der Waals surface area contributed by atoms with Gasteiger partial charge in [0.05, 0.1) is 6.04 Å². The van der Waals surface area contributed by atoms with E-state index in [1.165, 1.54) is 16.2 Å². The van der Waals surface area contributed by atoms with Crippen molar-refractivity contribution in [2.45, 2.75) is 39.3 Å². The summed E-state index contributed by atoms with van der Waals surface area (Å²) in [6.07, 6.45) is 2.37. The molecule has 0 aromatic carbocycles. The van der Waals surface area contributed by atoms with Crippen LogP contribution in [0.2, 0.25) is 0 Å². The highest BCUT2D eigenvalue weighted by molar-refractivity contribution is 7.09. The van der Waals surface area contributed by atoms with Crippen molar-refractivity contribution in [2.75, 3.05) is 6.54 Å². The summed E-state index contributed by atoms with van der Waals surface area (Å²) in [5, 5.41) is 14.3. The van der Waals surface area contributed by atoms with Crippen LogP contribution in [0.1, 0.15) is 38.2 Å². The molecule has 2 unspecified atom stereocenters. The van der Waals surface area contributed by atoms with E-state index < -0.39 is 5.97 Å². The average Bonchev–Trinajstić information content (AvgIpc) is 2.88. The van der Waals surface area contributed by atoms with Crippen LogP contribution in [0.3, 0.4) is 0 Å². The second-order valence-corrected chi connectivity index (χ2v) is 5.25. The standard InChI is InChI=1S/C12H19N3O3S/c1-4-8(2)15(7-10(16)17)12(18)14-9(3)11-13-5-6-19-11/h5-6,8-9H,4,7H2,1-3H3,(H,14,18)(H,16,17). The van der Waals surface area contributed by atoms with Gasteiger partial charge < -0.3 is 15.3 Å². The highest BCUT2D eigenvalue weighted by Gasteiger charge is 2.23. The number of carbonyl (C=O) groups is 2. The molecular weight excluding hydrogens is 266 g/mol. The molecule has 2 atom stereocenters. The number of nitrogens with zero attached hydrogens (tertiary/aromatic N) is 2. The maximum Gasteiger partial charge on any atom is 0.323 e. The van der Waals surface area contributed by atoms with Crippen molar-refractivity contribution in [3.63, 3.8) is 0 Å². The quantitative estimate of drug-likeness (QED) is 0.838. The second-order valence-electron chi connectivity index (χ2n) is 4.32. The summed E-state index contributed by atoms with van der Waals surface area (Å²) in [4.78, 5) is 28.4. The zero-order valence-corrected chi connectivity index (χ0v) is 12.1. The normalized spacial score (nSPS) is 13.6. The van der Waals surface area contributed by atoms with E-state index in [1.54, 1.807) is 6.20 Å². The van der Waals surface area contributed by atoms with Gasteiger partial charge in [0.2, 0.25) is 0 Å².